The molecule has 5 heteroatoms. The summed E-state index contributed by atoms with van der Waals surface area (Å²) in [4.78, 5) is 21.4. The summed E-state index contributed by atoms with van der Waals surface area (Å²) in [6, 6.07) is 3.62. The van der Waals surface area contributed by atoms with Crippen LogP contribution in [0.15, 0.2) is 18.2 Å². The van der Waals surface area contributed by atoms with Crippen LogP contribution in [0.4, 0.5) is 0 Å². The van der Waals surface area contributed by atoms with Gasteiger partial charge >= 0.3 is 0 Å². The highest BCUT2D eigenvalue weighted by molar-refractivity contribution is 6.69. The Morgan fingerprint density at radius 1 is 1.15 bits per heavy atom. The molecule has 1 aromatic rings. The molecule has 0 aliphatic heterocycles. The van der Waals surface area contributed by atoms with Gasteiger partial charge in [0.15, 0.2) is 0 Å². The summed E-state index contributed by atoms with van der Waals surface area (Å²) in [5.41, 5.74) is -0.0170. The Kier molecular flexibility index (Phi) is 2.90. The van der Waals surface area contributed by atoms with Gasteiger partial charge in [0.2, 0.25) is 0 Å². The van der Waals surface area contributed by atoms with Crippen molar-refractivity contribution in [3.8, 4) is 5.75 Å². The molecule has 0 spiro atoms. The quantitative estimate of drug-likeness (QED) is 0.775. The number of benzene rings is 1. The van der Waals surface area contributed by atoms with Crippen LogP contribution in [-0.4, -0.2) is 15.6 Å². The topological polar surface area (TPSA) is 54.4 Å². The molecule has 0 aliphatic carbocycles. The number of phenolic OH excluding ortho intramolecular Hbond substituents is 1. The SMILES string of the molecule is O=C(Cl)c1ccc(O)c(C(=O)Cl)c1. The standard InChI is InChI=1S/C8H4Cl2O3/c9-7(12)4-1-2-6(11)5(3-4)8(10)13/h1-3,11H. The first-order valence-electron chi connectivity index (χ1n) is 3.25. The maximum Gasteiger partial charge on any atom is 0.256 e. The molecule has 0 heterocycles. The van der Waals surface area contributed by atoms with Gasteiger partial charge in [0.25, 0.3) is 10.5 Å². The lowest BCUT2D eigenvalue weighted by atomic mass is 10.1. The lowest BCUT2D eigenvalue weighted by Gasteiger charge is -1.99. The van der Waals surface area contributed by atoms with Crippen molar-refractivity contribution >= 4 is 33.7 Å². The number of hydrogen-bond donors (Lipinski definition) is 1. The summed E-state index contributed by atoms with van der Waals surface area (Å²) in [6.07, 6.45) is 0. The highest BCUT2D eigenvalue weighted by atomic mass is 35.5. The van der Waals surface area contributed by atoms with Gasteiger partial charge in [-0.1, -0.05) is 0 Å². The summed E-state index contributed by atoms with van der Waals surface area (Å²) in [5, 5.41) is 7.58. The highest BCUT2D eigenvalue weighted by Crippen LogP contribution is 2.21. The van der Waals surface area contributed by atoms with Crippen LogP contribution in [0.1, 0.15) is 20.7 Å². The number of aromatic hydroxyl groups is 1. The lowest BCUT2D eigenvalue weighted by molar-refractivity contribution is 0.107. The van der Waals surface area contributed by atoms with Gasteiger partial charge in [-0.15, -0.1) is 0 Å². The fourth-order valence-electron chi connectivity index (χ4n) is 0.816. The molecule has 0 bridgehead atoms. The molecule has 68 valence electrons. The van der Waals surface area contributed by atoms with Crippen LogP contribution in [0.5, 0.6) is 5.75 Å². The van der Waals surface area contributed by atoms with E-state index in [9.17, 15) is 9.59 Å². The van der Waals surface area contributed by atoms with E-state index in [1.54, 1.807) is 0 Å². The minimum Gasteiger partial charge on any atom is -0.507 e. The van der Waals surface area contributed by atoms with Crippen LogP contribution >= 0.6 is 23.2 Å². The van der Waals surface area contributed by atoms with E-state index in [-0.39, 0.29) is 16.9 Å². The molecule has 0 atom stereocenters. The molecule has 3 nitrogen and oxygen atoms in total. The van der Waals surface area contributed by atoms with E-state index >= 15 is 0 Å². The van der Waals surface area contributed by atoms with Gasteiger partial charge in [-0.05, 0) is 41.4 Å². The van der Waals surface area contributed by atoms with Crippen LogP contribution in [0, 0.1) is 0 Å². The number of halogens is 2. The van der Waals surface area contributed by atoms with Crippen molar-refractivity contribution < 1.29 is 14.7 Å². The fraction of sp³-hybridized carbons (Fsp3) is 0. The molecule has 0 unspecified atom stereocenters. The van der Waals surface area contributed by atoms with Gasteiger partial charge in [0.05, 0.1) is 5.56 Å². The zero-order valence-corrected chi connectivity index (χ0v) is 7.76. The van der Waals surface area contributed by atoms with Crippen molar-refractivity contribution in [2.75, 3.05) is 0 Å². The number of rotatable bonds is 2. The van der Waals surface area contributed by atoms with Gasteiger partial charge in [0, 0.05) is 5.56 Å². The molecule has 0 amide bonds. The Morgan fingerprint density at radius 2 is 1.77 bits per heavy atom. The van der Waals surface area contributed by atoms with Gasteiger partial charge in [-0.25, -0.2) is 0 Å². The molecule has 1 N–H and O–H groups in total. The number of carbonyl (C=O) groups is 2. The Labute approximate surface area is 83.9 Å². The molecule has 0 radical (unpaired) electrons. The summed E-state index contributed by atoms with van der Waals surface area (Å²) in [6.45, 7) is 0. The summed E-state index contributed by atoms with van der Waals surface area (Å²) in [5.74, 6) is -0.276. The van der Waals surface area contributed by atoms with E-state index in [0.717, 1.165) is 6.07 Å². The van der Waals surface area contributed by atoms with Crippen molar-refractivity contribution in [1.29, 1.82) is 0 Å². The summed E-state index contributed by atoms with van der Waals surface area (Å²) < 4.78 is 0. The molecule has 0 aromatic heterocycles. The maximum atomic E-state index is 10.7. The fourth-order valence-corrected chi connectivity index (χ4v) is 1.08. The third-order valence-electron chi connectivity index (χ3n) is 1.44. The first-order chi connectivity index (χ1) is 6.02. The highest BCUT2D eigenvalue weighted by Gasteiger charge is 2.11. The van der Waals surface area contributed by atoms with Crippen LogP contribution in [0.3, 0.4) is 0 Å². The van der Waals surface area contributed by atoms with E-state index in [1.807, 2.05) is 0 Å². The first kappa shape index (κ1) is 10.0. The molecule has 0 saturated heterocycles. The molecular formula is C8H4Cl2O3. The molecule has 1 aromatic carbocycles. The second kappa shape index (κ2) is 3.77. The normalized spacial score (nSPS) is 9.69. The molecule has 13 heavy (non-hydrogen) atoms. The van der Waals surface area contributed by atoms with Crippen molar-refractivity contribution in [3.05, 3.63) is 29.3 Å². The Morgan fingerprint density at radius 3 is 2.23 bits per heavy atom. The summed E-state index contributed by atoms with van der Waals surface area (Å²) in [7, 11) is 0. The van der Waals surface area contributed by atoms with E-state index in [4.69, 9.17) is 28.3 Å². The average molecular weight is 219 g/mol. The van der Waals surface area contributed by atoms with Crippen LogP contribution in [0.2, 0.25) is 0 Å². The number of hydrogen-bond acceptors (Lipinski definition) is 3. The molecule has 1 rings (SSSR count). The monoisotopic (exact) mass is 218 g/mol. The van der Waals surface area contributed by atoms with E-state index in [2.05, 4.69) is 0 Å². The molecule has 0 saturated carbocycles. The predicted octanol–water partition coefficient (Wildman–Crippen LogP) is 2.15. The molecule has 0 fully saturated rings. The van der Waals surface area contributed by atoms with E-state index < -0.39 is 10.5 Å². The summed E-state index contributed by atoms with van der Waals surface area (Å²) >= 11 is 10.3. The molecule has 0 aliphatic rings. The van der Waals surface area contributed by atoms with Crippen molar-refractivity contribution in [2.24, 2.45) is 0 Å². The smallest absolute Gasteiger partial charge is 0.256 e. The molecular weight excluding hydrogens is 215 g/mol. The number of carbonyl (C=O) groups excluding carboxylic acids is 2. The zero-order valence-electron chi connectivity index (χ0n) is 6.25. The average Bonchev–Trinajstić information content (AvgIpc) is 2.04. The van der Waals surface area contributed by atoms with Gasteiger partial charge < -0.3 is 5.11 Å². The maximum absolute atomic E-state index is 10.7. The van der Waals surface area contributed by atoms with Crippen LogP contribution in [-0.2, 0) is 0 Å². The Bertz CT molecular complexity index is 374. The van der Waals surface area contributed by atoms with Gasteiger partial charge in [-0.2, -0.15) is 0 Å². The number of phenols is 1. The van der Waals surface area contributed by atoms with Crippen molar-refractivity contribution in [3.63, 3.8) is 0 Å². The predicted molar refractivity (Wildman–Crippen MR) is 48.5 cm³/mol. The third kappa shape index (κ3) is 2.20. The van der Waals surface area contributed by atoms with Gasteiger partial charge in [0.1, 0.15) is 5.75 Å². The minimum absolute atomic E-state index is 0.114. The third-order valence-corrected chi connectivity index (χ3v) is 1.86. The largest absolute Gasteiger partial charge is 0.507 e. The van der Waals surface area contributed by atoms with Crippen LogP contribution in [0.25, 0.3) is 0 Å². The van der Waals surface area contributed by atoms with Crippen molar-refractivity contribution in [1.82, 2.24) is 0 Å². The van der Waals surface area contributed by atoms with Crippen molar-refractivity contribution in [2.45, 2.75) is 0 Å². The second-order valence-electron chi connectivity index (χ2n) is 2.28. The van der Waals surface area contributed by atoms with Crippen LogP contribution < -0.4 is 0 Å². The van der Waals surface area contributed by atoms with Gasteiger partial charge in [-0.3, -0.25) is 9.59 Å². The minimum atomic E-state index is -0.836. The Balaban J connectivity index is 3.27. The lowest BCUT2D eigenvalue weighted by Crippen LogP contribution is -1.95. The van der Waals surface area contributed by atoms with E-state index in [0.29, 0.717) is 0 Å². The van der Waals surface area contributed by atoms with E-state index in [1.165, 1.54) is 12.1 Å². The zero-order chi connectivity index (χ0) is 10.0. The Hall–Kier alpha value is -1.06. The second-order valence-corrected chi connectivity index (χ2v) is 2.97. The first-order valence-corrected chi connectivity index (χ1v) is 4.00.